The maximum Gasteiger partial charge on any atom is 0.0895 e. The van der Waals surface area contributed by atoms with Gasteiger partial charge in [0.05, 0.1) is 6.67 Å². The Hall–Kier alpha value is -0.860. The monoisotopic (exact) mass is 142 g/mol. The summed E-state index contributed by atoms with van der Waals surface area (Å²) in [6.45, 7) is 0.609. The summed E-state index contributed by atoms with van der Waals surface area (Å²) >= 11 is 0. The Morgan fingerprint density at radius 2 is 2.30 bits per heavy atom. The minimum Gasteiger partial charge on any atom is -0.273 e. The van der Waals surface area contributed by atoms with Crippen LogP contribution in [-0.4, -0.2) is 16.5 Å². The Labute approximate surface area is 59.7 Å². The lowest BCUT2D eigenvalue weighted by atomic mass is 10.3. The summed E-state index contributed by atoms with van der Waals surface area (Å²) in [7, 11) is 0. The lowest BCUT2D eigenvalue weighted by Gasteiger charge is -1.97. The van der Waals surface area contributed by atoms with Gasteiger partial charge < -0.3 is 0 Å². The molecule has 1 rings (SSSR count). The molecule has 3 heteroatoms. The molecule has 1 heterocycles. The lowest BCUT2D eigenvalue weighted by Crippen LogP contribution is -1.97. The Balaban J connectivity index is 2.15. The fraction of sp³-hybridized carbons (Fsp3) is 0.571. The fourth-order valence-electron chi connectivity index (χ4n) is 0.801. The van der Waals surface area contributed by atoms with Crippen LogP contribution in [0.4, 0.5) is 4.39 Å². The van der Waals surface area contributed by atoms with Crippen LogP contribution in [0.25, 0.3) is 0 Å². The molecule has 10 heavy (non-hydrogen) atoms. The van der Waals surface area contributed by atoms with Crippen LogP contribution < -0.4 is 0 Å². The first-order valence-electron chi connectivity index (χ1n) is 3.47. The van der Waals surface area contributed by atoms with Crippen molar-refractivity contribution < 1.29 is 4.39 Å². The highest BCUT2D eigenvalue weighted by Crippen LogP contribution is 1.93. The first-order chi connectivity index (χ1) is 4.93. The van der Waals surface area contributed by atoms with Crippen LogP contribution in [-0.2, 0) is 6.54 Å². The largest absolute Gasteiger partial charge is 0.273 e. The van der Waals surface area contributed by atoms with Crippen LogP contribution in [0.3, 0.4) is 0 Å². The number of aryl methyl sites for hydroxylation is 1. The van der Waals surface area contributed by atoms with Crippen LogP contribution in [0.15, 0.2) is 18.5 Å². The van der Waals surface area contributed by atoms with Gasteiger partial charge in [0.25, 0.3) is 0 Å². The van der Waals surface area contributed by atoms with Crippen LogP contribution in [0.1, 0.15) is 12.8 Å². The van der Waals surface area contributed by atoms with E-state index in [1.807, 2.05) is 16.9 Å². The predicted molar refractivity (Wildman–Crippen MR) is 37.4 cm³/mol. The quantitative estimate of drug-likeness (QED) is 0.584. The highest BCUT2D eigenvalue weighted by atomic mass is 19.1. The van der Waals surface area contributed by atoms with Gasteiger partial charge in [0, 0.05) is 18.9 Å². The van der Waals surface area contributed by atoms with E-state index in [1.165, 1.54) is 0 Å². The number of alkyl halides is 1. The van der Waals surface area contributed by atoms with Gasteiger partial charge in [-0.25, -0.2) is 0 Å². The van der Waals surface area contributed by atoms with E-state index in [0.717, 1.165) is 13.0 Å². The van der Waals surface area contributed by atoms with Crippen LogP contribution in [0.5, 0.6) is 0 Å². The van der Waals surface area contributed by atoms with Crippen molar-refractivity contribution in [2.45, 2.75) is 19.4 Å². The third-order valence-corrected chi connectivity index (χ3v) is 1.33. The average molecular weight is 142 g/mol. The van der Waals surface area contributed by atoms with Crippen LogP contribution in [0.2, 0.25) is 0 Å². The topological polar surface area (TPSA) is 17.8 Å². The molecule has 1 aromatic rings. The van der Waals surface area contributed by atoms with Crippen molar-refractivity contribution >= 4 is 0 Å². The highest BCUT2D eigenvalue weighted by molar-refractivity contribution is 4.77. The number of rotatable bonds is 4. The zero-order valence-corrected chi connectivity index (χ0v) is 5.83. The van der Waals surface area contributed by atoms with Crippen molar-refractivity contribution in [2.75, 3.05) is 6.67 Å². The summed E-state index contributed by atoms with van der Waals surface area (Å²) in [5.74, 6) is 0. The van der Waals surface area contributed by atoms with Crippen molar-refractivity contribution in [1.29, 1.82) is 0 Å². The molecule has 0 saturated carbocycles. The minimum atomic E-state index is -0.221. The number of unbranched alkanes of at least 4 members (excludes halogenated alkanes) is 1. The second kappa shape index (κ2) is 4.04. The minimum absolute atomic E-state index is 0.221. The molecule has 0 aromatic carbocycles. The highest BCUT2D eigenvalue weighted by Gasteiger charge is 1.89. The van der Waals surface area contributed by atoms with E-state index in [2.05, 4.69) is 5.10 Å². The first kappa shape index (κ1) is 7.25. The molecule has 0 aliphatic heterocycles. The second-order valence-corrected chi connectivity index (χ2v) is 2.17. The van der Waals surface area contributed by atoms with Gasteiger partial charge in [-0.15, -0.1) is 0 Å². The summed E-state index contributed by atoms with van der Waals surface area (Å²) < 4.78 is 13.4. The third kappa shape index (κ3) is 2.17. The van der Waals surface area contributed by atoms with Gasteiger partial charge in [-0.3, -0.25) is 9.07 Å². The van der Waals surface area contributed by atoms with Crippen molar-refractivity contribution in [3.05, 3.63) is 18.5 Å². The Morgan fingerprint density at radius 3 is 2.90 bits per heavy atom. The standard InChI is InChI=1S/C7H11FN2/c8-4-1-2-6-10-7-3-5-9-10/h3,5,7H,1-2,4,6H2. The number of hydrogen-bond acceptors (Lipinski definition) is 1. The molecule has 0 aliphatic rings. The summed E-state index contributed by atoms with van der Waals surface area (Å²) in [4.78, 5) is 0. The van der Waals surface area contributed by atoms with Crippen molar-refractivity contribution in [3.8, 4) is 0 Å². The van der Waals surface area contributed by atoms with Crippen LogP contribution >= 0.6 is 0 Å². The molecule has 0 N–H and O–H groups in total. The molecular weight excluding hydrogens is 131 g/mol. The summed E-state index contributed by atoms with van der Waals surface area (Å²) in [5.41, 5.74) is 0. The van der Waals surface area contributed by atoms with E-state index in [1.54, 1.807) is 6.20 Å². The molecule has 0 radical (unpaired) electrons. The van der Waals surface area contributed by atoms with E-state index in [-0.39, 0.29) is 6.67 Å². The molecule has 0 spiro atoms. The van der Waals surface area contributed by atoms with E-state index < -0.39 is 0 Å². The average Bonchev–Trinajstić information content (AvgIpc) is 2.41. The van der Waals surface area contributed by atoms with Gasteiger partial charge in [-0.05, 0) is 18.9 Å². The third-order valence-electron chi connectivity index (χ3n) is 1.33. The van der Waals surface area contributed by atoms with Gasteiger partial charge in [0.1, 0.15) is 0 Å². The number of aromatic nitrogens is 2. The summed E-state index contributed by atoms with van der Waals surface area (Å²) in [5, 5.41) is 3.98. The Morgan fingerprint density at radius 1 is 1.40 bits per heavy atom. The summed E-state index contributed by atoms with van der Waals surface area (Å²) in [6, 6.07) is 1.87. The lowest BCUT2D eigenvalue weighted by molar-refractivity contribution is 0.439. The molecule has 1 aromatic heterocycles. The smallest absolute Gasteiger partial charge is 0.0895 e. The van der Waals surface area contributed by atoms with Gasteiger partial charge >= 0.3 is 0 Å². The summed E-state index contributed by atoms with van der Waals surface area (Å²) in [6.07, 6.45) is 5.13. The predicted octanol–water partition coefficient (Wildman–Crippen LogP) is 1.63. The molecule has 56 valence electrons. The molecule has 0 saturated heterocycles. The van der Waals surface area contributed by atoms with Gasteiger partial charge in [0.2, 0.25) is 0 Å². The number of hydrogen-bond donors (Lipinski definition) is 0. The Kier molecular flexibility index (Phi) is 2.93. The normalized spacial score (nSPS) is 10.1. The van der Waals surface area contributed by atoms with E-state index in [0.29, 0.717) is 6.42 Å². The van der Waals surface area contributed by atoms with Crippen LogP contribution in [0, 0.1) is 0 Å². The van der Waals surface area contributed by atoms with Crippen molar-refractivity contribution in [3.63, 3.8) is 0 Å². The molecule has 0 amide bonds. The fourth-order valence-corrected chi connectivity index (χ4v) is 0.801. The van der Waals surface area contributed by atoms with E-state index >= 15 is 0 Å². The number of halogens is 1. The van der Waals surface area contributed by atoms with Crippen molar-refractivity contribution in [1.82, 2.24) is 9.78 Å². The molecule has 0 atom stereocenters. The Bertz CT molecular complexity index is 160. The molecule has 0 bridgehead atoms. The van der Waals surface area contributed by atoms with E-state index in [4.69, 9.17) is 0 Å². The van der Waals surface area contributed by atoms with Gasteiger partial charge in [-0.1, -0.05) is 0 Å². The number of nitrogens with zero attached hydrogens (tertiary/aromatic N) is 2. The SMILES string of the molecule is FCCCCn1cccn1. The van der Waals surface area contributed by atoms with Gasteiger partial charge in [-0.2, -0.15) is 5.10 Å². The molecule has 0 unspecified atom stereocenters. The second-order valence-electron chi connectivity index (χ2n) is 2.17. The zero-order chi connectivity index (χ0) is 7.23. The maximum atomic E-state index is 11.6. The molecule has 0 aliphatic carbocycles. The van der Waals surface area contributed by atoms with Crippen molar-refractivity contribution in [2.24, 2.45) is 0 Å². The zero-order valence-electron chi connectivity index (χ0n) is 5.83. The first-order valence-corrected chi connectivity index (χ1v) is 3.47. The molecule has 2 nitrogen and oxygen atoms in total. The van der Waals surface area contributed by atoms with E-state index in [9.17, 15) is 4.39 Å². The maximum absolute atomic E-state index is 11.6. The van der Waals surface area contributed by atoms with Gasteiger partial charge in [0.15, 0.2) is 0 Å². The molecule has 0 fully saturated rings. The molecular formula is C7H11FN2.